The van der Waals surface area contributed by atoms with Crippen LogP contribution in [0.3, 0.4) is 0 Å². The third kappa shape index (κ3) is 4.16. The number of aromatic nitrogens is 2. The van der Waals surface area contributed by atoms with Crippen LogP contribution in [0, 0.1) is 19.7 Å². The van der Waals surface area contributed by atoms with E-state index in [2.05, 4.69) is 5.10 Å². The first kappa shape index (κ1) is 18.6. The number of carbonyl (C=O) groups excluding carboxylic acids is 1. The molecule has 0 aliphatic heterocycles. The van der Waals surface area contributed by atoms with Crippen LogP contribution in [0.5, 0.6) is 5.75 Å². The van der Waals surface area contributed by atoms with Crippen molar-refractivity contribution in [2.75, 3.05) is 20.2 Å². The van der Waals surface area contributed by atoms with Gasteiger partial charge in [0.2, 0.25) is 0 Å². The van der Waals surface area contributed by atoms with Crippen LogP contribution in [0.25, 0.3) is 5.69 Å². The first-order valence-corrected chi connectivity index (χ1v) is 8.72. The van der Waals surface area contributed by atoms with Crippen LogP contribution >= 0.6 is 0 Å². The zero-order valence-electron chi connectivity index (χ0n) is 15.6. The number of amides is 1. The highest BCUT2D eigenvalue weighted by Crippen LogP contribution is 2.18. The lowest BCUT2D eigenvalue weighted by Crippen LogP contribution is -2.31. The van der Waals surface area contributed by atoms with Crippen LogP contribution in [0.15, 0.2) is 54.7 Å². The molecule has 0 aliphatic carbocycles. The Morgan fingerprint density at radius 3 is 2.56 bits per heavy atom. The van der Waals surface area contributed by atoms with Crippen molar-refractivity contribution in [1.29, 1.82) is 0 Å². The Bertz CT molecular complexity index is 935. The third-order valence-electron chi connectivity index (χ3n) is 4.38. The topological polar surface area (TPSA) is 47.4 Å². The Kier molecular flexibility index (Phi) is 5.54. The fourth-order valence-corrected chi connectivity index (χ4v) is 2.73. The van der Waals surface area contributed by atoms with Gasteiger partial charge in [-0.3, -0.25) is 4.79 Å². The van der Waals surface area contributed by atoms with Crippen molar-refractivity contribution in [3.8, 4) is 11.4 Å². The maximum absolute atomic E-state index is 14.0. The summed E-state index contributed by atoms with van der Waals surface area (Å²) >= 11 is 0. The van der Waals surface area contributed by atoms with Crippen LogP contribution < -0.4 is 4.74 Å². The predicted molar refractivity (Wildman–Crippen MR) is 102 cm³/mol. The molecule has 5 nitrogen and oxygen atoms in total. The van der Waals surface area contributed by atoms with E-state index in [1.165, 1.54) is 16.9 Å². The number of halogens is 1. The molecule has 1 aromatic heterocycles. The number of likely N-dealkylation sites (N-methyl/N-ethyl adjacent to an activating group) is 1. The first-order valence-electron chi connectivity index (χ1n) is 8.72. The van der Waals surface area contributed by atoms with Gasteiger partial charge in [-0.05, 0) is 38.1 Å². The fraction of sp³-hybridized carbons (Fsp3) is 0.238. The largest absolute Gasteiger partial charge is 0.492 e. The van der Waals surface area contributed by atoms with Crippen LogP contribution in [0.2, 0.25) is 0 Å². The molecule has 140 valence electrons. The highest BCUT2D eigenvalue weighted by molar-refractivity contribution is 5.95. The van der Waals surface area contributed by atoms with Crippen molar-refractivity contribution in [3.63, 3.8) is 0 Å². The lowest BCUT2D eigenvalue weighted by molar-refractivity contribution is 0.0773. The van der Waals surface area contributed by atoms with E-state index in [1.807, 2.05) is 31.2 Å². The second-order valence-corrected chi connectivity index (χ2v) is 6.40. The second kappa shape index (κ2) is 8.03. The number of rotatable bonds is 6. The maximum atomic E-state index is 14.0. The van der Waals surface area contributed by atoms with Crippen molar-refractivity contribution in [2.24, 2.45) is 0 Å². The van der Waals surface area contributed by atoms with Gasteiger partial charge in [0.1, 0.15) is 23.9 Å². The maximum Gasteiger partial charge on any atom is 0.257 e. The van der Waals surface area contributed by atoms with Crippen molar-refractivity contribution in [1.82, 2.24) is 14.7 Å². The Hall–Kier alpha value is -3.15. The molecule has 1 amide bonds. The summed E-state index contributed by atoms with van der Waals surface area (Å²) in [6.45, 7) is 4.58. The molecule has 2 aromatic carbocycles. The molecule has 0 unspecified atom stereocenters. The van der Waals surface area contributed by atoms with Gasteiger partial charge in [0.15, 0.2) is 0 Å². The minimum Gasteiger partial charge on any atom is -0.492 e. The number of ether oxygens (including phenoxy) is 1. The Balaban J connectivity index is 1.65. The highest BCUT2D eigenvalue weighted by Gasteiger charge is 2.19. The van der Waals surface area contributed by atoms with Gasteiger partial charge >= 0.3 is 0 Å². The summed E-state index contributed by atoms with van der Waals surface area (Å²) in [5.41, 5.74) is 2.52. The SMILES string of the molecule is Cc1ccc(OCCN(C)C(=O)c2cnn(-c3ccccc3F)c2C)cc1. The number of hydrogen-bond acceptors (Lipinski definition) is 3. The molecular weight excluding hydrogens is 345 g/mol. The number of nitrogens with zero attached hydrogens (tertiary/aromatic N) is 3. The summed E-state index contributed by atoms with van der Waals surface area (Å²) < 4.78 is 21.1. The molecule has 27 heavy (non-hydrogen) atoms. The smallest absolute Gasteiger partial charge is 0.257 e. The molecule has 3 rings (SSSR count). The van der Waals surface area contributed by atoms with Gasteiger partial charge in [-0.2, -0.15) is 5.10 Å². The molecule has 0 radical (unpaired) electrons. The molecule has 0 bridgehead atoms. The van der Waals surface area contributed by atoms with Crippen LogP contribution in [0.4, 0.5) is 4.39 Å². The number of para-hydroxylation sites is 1. The zero-order chi connectivity index (χ0) is 19.4. The van der Waals surface area contributed by atoms with Crippen molar-refractivity contribution >= 4 is 5.91 Å². The molecule has 0 atom stereocenters. The quantitative estimate of drug-likeness (QED) is 0.666. The normalized spacial score (nSPS) is 10.7. The highest BCUT2D eigenvalue weighted by atomic mass is 19.1. The Labute approximate surface area is 158 Å². The molecular formula is C21H22FN3O2. The fourth-order valence-electron chi connectivity index (χ4n) is 2.73. The molecule has 0 saturated carbocycles. The summed E-state index contributed by atoms with van der Waals surface area (Å²) in [5, 5.41) is 4.18. The van der Waals surface area contributed by atoms with E-state index in [1.54, 1.807) is 37.1 Å². The minimum absolute atomic E-state index is 0.178. The molecule has 0 aliphatic rings. The van der Waals surface area contributed by atoms with Gasteiger partial charge in [0.25, 0.3) is 5.91 Å². The number of aryl methyl sites for hydroxylation is 1. The van der Waals surface area contributed by atoms with E-state index in [-0.39, 0.29) is 11.7 Å². The monoisotopic (exact) mass is 367 g/mol. The van der Waals surface area contributed by atoms with Gasteiger partial charge in [-0.1, -0.05) is 29.8 Å². The van der Waals surface area contributed by atoms with E-state index < -0.39 is 0 Å². The molecule has 3 aromatic rings. The summed E-state index contributed by atoms with van der Waals surface area (Å²) in [6.07, 6.45) is 1.47. The molecule has 0 fully saturated rings. The summed E-state index contributed by atoms with van der Waals surface area (Å²) in [4.78, 5) is 14.3. The van der Waals surface area contributed by atoms with Gasteiger partial charge in [0, 0.05) is 7.05 Å². The minimum atomic E-state index is -0.387. The van der Waals surface area contributed by atoms with Gasteiger partial charge < -0.3 is 9.64 Å². The lowest BCUT2D eigenvalue weighted by atomic mass is 10.2. The summed E-state index contributed by atoms with van der Waals surface area (Å²) in [5.74, 6) is 0.204. The average molecular weight is 367 g/mol. The number of hydrogen-bond donors (Lipinski definition) is 0. The van der Waals surface area contributed by atoms with E-state index >= 15 is 0 Å². The number of carbonyl (C=O) groups is 1. The van der Waals surface area contributed by atoms with Crippen LogP contribution in [-0.4, -0.2) is 40.8 Å². The molecule has 0 spiro atoms. The molecule has 6 heteroatoms. The predicted octanol–water partition coefficient (Wildman–Crippen LogP) is 3.78. The molecule has 1 heterocycles. The summed E-state index contributed by atoms with van der Waals surface area (Å²) in [7, 11) is 1.71. The Morgan fingerprint density at radius 2 is 1.85 bits per heavy atom. The van der Waals surface area contributed by atoms with Crippen LogP contribution in [0.1, 0.15) is 21.6 Å². The average Bonchev–Trinajstić information content (AvgIpc) is 3.04. The number of benzene rings is 2. The standard InChI is InChI=1S/C21H22FN3O2/c1-15-8-10-17(11-9-15)27-13-12-24(3)21(26)18-14-23-25(16(18)2)20-7-5-4-6-19(20)22/h4-11,14H,12-13H2,1-3H3. The Morgan fingerprint density at radius 1 is 1.15 bits per heavy atom. The van der Waals surface area contributed by atoms with Crippen molar-refractivity contribution in [3.05, 3.63) is 77.4 Å². The lowest BCUT2D eigenvalue weighted by Gasteiger charge is -2.17. The van der Waals surface area contributed by atoms with Gasteiger partial charge in [0.05, 0.1) is 24.0 Å². The van der Waals surface area contributed by atoms with E-state index in [9.17, 15) is 9.18 Å². The van der Waals surface area contributed by atoms with E-state index in [4.69, 9.17) is 4.74 Å². The third-order valence-corrected chi connectivity index (χ3v) is 4.38. The van der Waals surface area contributed by atoms with Gasteiger partial charge in [-0.25, -0.2) is 9.07 Å². The van der Waals surface area contributed by atoms with Crippen molar-refractivity contribution in [2.45, 2.75) is 13.8 Å². The van der Waals surface area contributed by atoms with Crippen molar-refractivity contribution < 1.29 is 13.9 Å². The van der Waals surface area contributed by atoms with E-state index in [0.29, 0.717) is 30.1 Å². The first-order chi connectivity index (χ1) is 13.0. The molecule has 0 N–H and O–H groups in total. The van der Waals surface area contributed by atoms with Gasteiger partial charge in [-0.15, -0.1) is 0 Å². The summed E-state index contributed by atoms with van der Waals surface area (Å²) in [6, 6.07) is 14.1. The second-order valence-electron chi connectivity index (χ2n) is 6.40. The van der Waals surface area contributed by atoms with Crippen LogP contribution in [-0.2, 0) is 0 Å². The zero-order valence-corrected chi connectivity index (χ0v) is 15.6. The molecule has 0 saturated heterocycles. The van der Waals surface area contributed by atoms with E-state index in [0.717, 1.165) is 11.3 Å².